The third-order valence-corrected chi connectivity index (χ3v) is 1.77. The van der Waals surface area contributed by atoms with Gasteiger partial charge in [-0.3, -0.25) is 0 Å². The molecular weight excluding hydrogens is 211 g/mol. The number of rotatable bonds is 0. The maximum absolute atomic E-state index is 12.1. The molecule has 0 bridgehead atoms. The minimum atomic E-state index is -4.53. The first-order chi connectivity index (χ1) is 5.43. The average molecular weight is 213 g/mol. The van der Waals surface area contributed by atoms with E-state index in [4.69, 9.17) is 11.6 Å². The number of pyridine rings is 1. The lowest BCUT2D eigenvalue weighted by Gasteiger charge is -2.08. The average Bonchev–Trinajstić information content (AvgIpc) is 1.82. The molecule has 0 aliphatic rings. The van der Waals surface area contributed by atoms with Gasteiger partial charge in [-0.05, 0) is 6.07 Å². The van der Waals surface area contributed by atoms with Crippen LogP contribution in [0.4, 0.5) is 13.2 Å². The Hall–Kier alpha value is -0.550. The Bertz CT molecular complexity index is 279. The van der Waals surface area contributed by atoms with Crippen LogP contribution in [0.3, 0.4) is 0 Å². The van der Waals surface area contributed by atoms with Gasteiger partial charge in [0.1, 0.15) is 10.6 Å². The number of hydrogen-bond donors (Lipinski definition) is 0. The summed E-state index contributed by atoms with van der Waals surface area (Å²) in [4.78, 5) is 3.32. The number of nitrogens with zero attached hydrogens (tertiary/aromatic N) is 1. The summed E-state index contributed by atoms with van der Waals surface area (Å²) in [6.07, 6.45) is -3.39. The molecule has 1 nitrogen and oxygen atoms in total. The van der Waals surface area contributed by atoms with Crippen molar-refractivity contribution < 1.29 is 13.2 Å². The van der Waals surface area contributed by atoms with Crippen LogP contribution < -0.4 is 0 Å². The molecule has 1 rings (SSSR count). The summed E-state index contributed by atoms with van der Waals surface area (Å²) in [7, 11) is 0. The van der Waals surface area contributed by atoms with Crippen molar-refractivity contribution in [3.8, 4) is 0 Å². The van der Waals surface area contributed by atoms with E-state index < -0.39 is 21.8 Å². The summed E-state index contributed by atoms with van der Waals surface area (Å²) in [5, 5.41) is -0.933. The molecule has 0 aliphatic heterocycles. The van der Waals surface area contributed by atoms with Crippen molar-refractivity contribution in [1.82, 2.24) is 4.98 Å². The second-order valence-electron chi connectivity index (χ2n) is 1.97. The maximum atomic E-state index is 12.1. The Balaban J connectivity index is 3.31. The fraction of sp³-hybridized carbons (Fsp3) is 0.167. The highest BCUT2D eigenvalue weighted by Gasteiger charge is 2.36. The second kappa shape index (κ2) is 3.06. The van der Waals surface area contributed by atoms with Crippen molar-refractivity contribution in [2.75, 3.05) is 0 Å². The van der Waals surface area contributed by atoms with E-state index in [1.54, 1.807) is 0 Å². The summed E-state index contributed by atoms with van der Waals surface area (Å²) in [6, 6.07) is 1.06. The van der Waals surface area contributed by atoms with Gasteiger partial charge in [-0.2, -0.15) is 13.2 Å². The molecule has 0 saturated heterocycles. The van der Waals surface area contributed by atoms with E-state index in [0.717, 1.165) is 12.3 Å². The van der Waals surface area contributed by atoms with Crippen molar-refractivity contribution in [2.24, 2.45) is 0 Å². The first-order valence-electron chi connectivity index (χ1n) is 2.81. The van der Waals surface area contributed by atoms with Gasteiger partial charge in [-0.1, -0.05) is 24.2 Å². The Morgan fingerprint density at radius 2 is 2.00 bits per heavy atom. The number of alkyl halides is 3. The third-order valence-electron chi connectivity index (χ3n) is 1.15. The lowest BCUT2D eigenvalue weighted by molar-refractivity contribution is -0.140. The molecule has 0 aliphatic carbocycles. The molecule has 0 spiro atoms. The van der Waals surface area contributed by atoms with Gasteiger partial charge in [-0.25, -0.2) is 4.98 Å². The molecule has 1 radical (unpaired) electrons. The number of halogens is 4. The fourth-order valence-corrected chi connectivity index (χ4v) is 1.27. The van der Waals surface area contributed by atoms with Crippen molar-refractivity contribution >= 4 is 24.2 Å². The van der Waals surface area contributed by atoms with Crippen molar-refractivity contribution in [3.63, 3.8) is 0 Å². The summed E-state index contributed by atoms with van der Waals surface area (Å²) in [5.74, 6) is 0. The quantitative estimate of drug-likeness (QED) is 0.643. The normalized spacial score (nSPS) is 11.7. The van der Waals surface area contributed by atoms with E-state index in [1.165, 1.54) is 0 Å². The Labute approximate surface area is 77.0 Å². The Morgan fingerprint density at radius 3 is 2.33 bits per heavy atom. The van der Waals surface area contributed by atoms with E-state index in [-0.39, 0.29) is 0 Å². The largest absolute Gasteiger partial charge is 0.420 e. The van der Waals surface area contributed by atoms with E-state index in [2.05, 4.69) is 17.6 Å². The molecule has 0 amide bonds. The first-order valence-corrected chi connectivity index (χ1v) is 3.60. The van der Waals surface area contributed by atoms with Crippen molar-refractivity contribution in [3.05, 3.63) is 22.8 Å². The van der Waals surface area contributed by atoms with Crippen LogP contribution in [-0.4, -0.2) is 4.98 Å². The molecular formula is C6H2ClF3NS. The molecule has 0 N–H and O–H groups in total. The lowest BCUT2D eigenvalue weighted by Crippen LogP contribution is -2.08. The smallest absolute Gasteiger partial charge is 0.244 e. The molecule has 0 unspecified atom stereocenters. The van der Waals surface area contributed by atoms with Crippen molar-refractivity contribution in [1.29, 1.82) is 0 Å². The minimum absolute atomic E-state index is 0.414. The molecule has 1 aromatic heterocycles. The molecule has 65 valence electrons. The van der Waals surface area contributed by atoms with Crippen LogP contribution in [0.2, 0.25) is 5.02 Å². The molecule has 12 heavy (non-hydrogen) atoms. The standard InChI is InChI=1S/C6H2ClF3NS/c7-3-1-2-11-5(12)4(3)6(8,9)10/h1-2H. The maximum Gasteiger partial charge on any atom is 0.420 e. The van der Waals surface area contributed by atoms with Gasteiger partial charge in [0.05, 0.1) is 5.02 Å². The zero-order chi connectivity index (χ0) is 9.35. The summed E-state index contributed by atoms with van der Waals surface area (Å²) in [5.41, 5.74) is -1.04. The molecule has 6 heteroatoms. The Kier molecular flexibility index (Phi) is 2.44. The zero-order valence-electron chi connectivity index (χ0n) is 5.52. The zero-order valence-corrected chi connectivity index (χ0v) is 7.09. The predicted octanol–water partition coefficient (Wildman–Crippen LogP) is 3.31. The highest BCUT2D eigenvalue weighted by Crippen LogP contribution is 2.37. The minimum Gasteiger partial charge on any atom is -0.244 e. The van der Waals surface area contributed by atoms with Gasteiger partial charge < -0.3 is 0 Å². The Morgan fingerprint density at radius 1 is 1.42 bits per heavy atom. The molecule has 0 atom stereocenters. The van der Waals surface area contributed by atoms with Gasteiger partial charge >= 0.3 is 6.18 Å². The predicted molar refractivity (Wildman–Crippen MR) is 40.1 cm³/mol. The highest BCUT2D eigenvalue weighted by atomic mass is 35.5. The third kappa shape index (κ3) is 1.78. The highest BCUT2D eigenvalue weighted by molar-refractivity contribution is 7.80. The second-order valence-corrected chi connectivity index (χ2v) is 2.76. The number of hydrogen-bond acceptors (Lipinski definition) is 1. The molecule has 0 saturated carbocycles. The van der Waals surface area contributed by atoms with Gasteiger partial charge in [0.15, 0.2) is 0 Å². The SMILES string of the molecule is FC(F)(F)c1c(Cl)ccnc1[S]. The van der Waals surface area contributed by atoms with Crippen LogP contribution in [0.1, 0.15) is 5.56 Å². The summed E-state index contributed by atoms with van der Waals surface area (Å²) >= 11 is 9.66. The lowest BCUT2D eigenvalue weighted by atomic mass is 10.3. The van der Waals surface area contributed by atoms with E-state index >= 15 is 0 Å². The fourth-order valence-electron chi connectivity index (χ4n) is 0.677. The van der Waals surface area contributed by atoms with Gasteiger partial charge in [-0.15, -0.1) is 0 Å². The van der Waals surface area contributed by atoms with Gasteiger partial charge in [0, 0.05) is 6.20 Å². The topological polar surface area (TPSA) is 12.9 Å². The summed E-state index contributed by atoms with van der Waals surface area (Å²) < 4.78 is 36.4. The van der Waals surface area contributed by atoms with E-state index in [9.17, 15) is 13.2 Å². The van der Waals surface area contributed by atoms with Crippen LogP contribution in [0.25, 0.3) is 0 Å². The monoisotopic (exact) mass is 212 g/mol. The van der Waals surface area contributed by atoms with Crippen LogP contribution >= 0.6 is 24.2 Å². The molecule has 1 heterocycles. The van der Waals surface area contributed by atoms with Gasteiger partial charge in [0.25, 0.3) is 0 Å². The molecule has 1 aromatic rings. The van der Waals surface area contributed by atoms with Crippen LogP contribution in [0, 0.1) is 0 Å². The van der Waals surface area contributed by atoms with Crippen LogP contribution in [-0.2, 0) is 6.18 Å². The van der Waals surface area contributed by atoms with Crippen LogP contribution in [0.15, 0.2) is 17.3 Å². The molecule has 0 fully saturated rings. The molecule has 0 aromatic carbocycles. The van der Waals surface area contributed by atoms with Crippen LogP contribution in [0.5, 0.6) is 0 Å². The van der Waals surface area contributed by atoms with Gasteiger partial charge in [0.2, 0.25) is 0 Å². The van der Waals surface area contributed by atoms with E-state index in [0.29, 0.717) is 0 Å². The first kappa shape index (κ1) is 9.54. The van der Waals surface area contributed by atoms with Crippen molar-refractivity contribution in [2.45, 2.75) is 11.2 Å². The van der Waals surface area contributed by atoms with E-state index in [1.807, 2.05) is 0 Å². The number of aromatic nitrogens is 1. The summed E-state index contributed by atoms with van der Waals surface area (Å²) in [6.45, 7) is 0.